The third-order valence-electron chi connectivity index (χ3n) is 3.56. The molecule has 106 valence electrons. The van der Waals surface area contributed by atoms with Gasteiger partial charge in [0.2, 0.25) is 0 Å². The van der Waals surface area contributed by atoms with Gasteiger partial charge in [0, 0.05) is 11.6 Å². The molecule has 0 amide bonds. The quantitative estimate of drug-likeness (QED) is 0.859. The van der Waals surface area contributed by atoms with Crippen molar-refractivity contribution < 1.29 is 8.78 Å². The zero-order valence-electron chi connectivity index (χ0n) is 12.0. The largest absolute Gasteiger partial charge is 0.310 e. The Kier molecular flexibility index (Phi) is 4.50. The lowest BCUT2D eigenvalue weighted by molar-refractivity contribution is 0.592. The number of halogens is 2. The summed E-state index contributed by atoms with van der Waals surface area (Å²) < 4.78 is 27.7. The molecule has 1 unspecified atom stereocenters. The molecule has 3 heteroatoms. The van der Waals surface area contributed by atoms with E-state index in [2.05, 4.69) is 5.32 Å². The molecule has 0 spiro atoms. The van der Waals surface area contributed by atoms with Crippen molar-refractivity contribution in [2.24, 2.45) is 0 Å². The number of nitrogens with one attached hydrogen (secondary N) is 1. The maximum atomic E-state index is 14.1. The average Bonchev–Trinajstić information content (AvgIpc) is 2.43. The third kappa shape index (κ3) is 2.88. The summed E-state index contributed by atoms with van der Waals surface area (Å²) in [6.07, 6.45) is 0. The standard InChI is InChI=1S/C17H19F2N/c1-4-20-12(3)13-8-9-17(19)15(10-13)14-6-5-7-16(18)11(14)2/h5-10,12,20H,4H2,1-3H3. The predicted octanol–water partition coefficient (Wildman–Crippen LogP) is 4.61. The minimum absolute atomic E-state index is 0.133. The molecule has 0 saturated heterocycles. The average molecular weight is 275 g/mol. The molecular weight excluding hydrogens is 256 g/mol. The molecule has 0 saturated carbocycles. The zero-order valence-corrected chi connectivity index (χ0v) is 12.0. The summed E-state index contributed by atoms with van der Waals surface area (Å²) in [7, 11) is 0. The van der Waals surface area contributed by atoms with Crippen LogP contribution in [0.4, 0.5) is 8.78 Å². The van der Waals surface area contributed by atoms with Gasteiger partial charge >= 0.3 is 0 Å². The highest BCUT2D eigenvalue weighted by molar-refractivity contribution is 5.68. The Bertz CT molecular complexity index is 608. The molecule has 2 aromatic carbocycles. The second kappa shape index (κ2) is 6.14. The van der Waals surface area contributed by atoms with E-state index in [0.717, 1.165) is 12.1 Å². The van der Waals surface area contributed by atoms with Crippen molar-refractivity contribution in [3.63, 3.8) is 0 Å². The molecule has 20 heavy (non-hydrogen) atoms. The van der Waals surface area contributed by atoms with Gasteiger partial charge in [0.15, 0.2) is 0 Å². The predicted molar refractivity (Wildman–Crippen MR) is 78.6 cm³/mol. The van der Waals surface area contributed by atoms with Gasteiger partial charge < -0.3 is 5.32 Å². The highest BCUT2D eigenvalue weighted by atomic mass is 19.1. The molecule has 2 aromatic rings. The van der Waals surface area contributed by atoms with E-state index in [0.29, 0.717) is 16.7 Å². The Balaban J connectivity index is 2.50. The van der Waals surface area contributed by atoms with Gasteiger partial charge in [-0.25, -0.2) is 8.78 Å². The third-order valence-corrected chi connectivity index (χ3v) is 3.56. The number of hydrogen-bond donors (Lipinski definition) is 1. The fourth-order valence-corrected chi connectivity index (χ4v) is 2.34. The maximum absolute atomic E-state index is 14.1. The molecule has 0 aromatic heterocycles. The molecule has 0 fully saturated rings. The van der Waals surface area contributed by atoms with Crippen molar-refractivity contribution >= 4 is 0 Å². The number of rotatable bonds is 4. The van der Waals surface area contributed by atoms with Crippen LogP contribution in [-0.4, -0.2) is 6.54 Å². The van der Waals surface area contributed by atoms with Crippen LogP contribution in [0.15, 0.2) is 36.4 Å². The van der Waals surface area contributed by atoms with Gasteiger partial charge in [-0.3, -0.25) is 0 Å². The lowest BCUT2D eigenvalue weighted by Gasteiger charge is -2.15. The molecule has 0 aliphatic carbocycles. The van der Waals surface area contributed by atoms with Gasteiger partial charge in [-0.05, 0) is 55.3 Å². The Hall–Kier alpha value is -1.74. The fourth-order valence-electron chi connectivity index (χ4n) is 2.34. The Labute approximate surface area is 118 Å². The Morgan fingerprint density at radius 1 is 1.05 bits per heavy atom. The van der Waals surface area contributed by atoms with E-state index in [1.165, 1.54) is 12.1 Å². The summed E-state index contributed by atoms with van der Waals surface area (Å²) in [5.74, 6) is -0.641. The topological polar surface area (TPSA) is 12.0 Å². The van der Waals surface area contributed by atoms with Gasteiger partial charge in [0.25, 0.3) is 0 Å². The van der Waals surface area contributed by atoms with Crippen molar-refractivity contribution in [3.05, 3.63) is 59.2 Å². The molecule has 0 bridgehead atoms. The van der Waals surface area contributed by atoms with E-state index in [1.807, 2.05) is 13.8 Å². The highest BCUT2D eigenvalue weighted by Crippen LogP contribution is 2.29. The van der Waals surface area contributed by atoms with E-state index in [9.17, 15) is 8.78 Å². The zero-order chi connectivity index (χ0) is 14.7. The van der Waals surface area contributed by atoms with E-state index >= 15 is 0 Å². The maximum Gasteiger partial charge on any atom is 0.131 e. The Morgan fingerprint density at radius 3 is 2.50 bits per heavy atom. The summed E-state index contributed by atoms with van der Waals surface area (Å²) in [5, 5.41) is 3.29. The molecule has 0 radical (unpaired) electrons. The van der Waals surface area contributed by atoms with Crippen molar-refractivity contribution in [2.75, 3.05) is 6.54 Å². The lowest BCUT2D eigenvalue weighted by atomic mass is 9.96. The van der Waals surface area contributed by atoms with Crippen LogP contribution < -0.4 is 5.32 Å². The molecule has 0 heterocycles. The van der Waals surface area contributed by atoms with Crippen molar-refractivity contribution in [2.45, 2.75) is 26.8 Å². The van der Waals surface area contributed by atoms with Crippen LogP contribution in [0.2, 0.25) is 0 Å². The molecule has 1 N–H and O–H groups in total. The van der Waals surface area contributed by atoms with Crippen LogP contribution in [0.1, 0.15) is 31.0 Å². The number of benzene rings is 2. The van der Waals surface area contributed by atoms with E-state index in [-0.39, 0.29) is 17.7 Å². The number of hydrogen-bond acceptors (Lipinski definition) is 1. The summed E-state index contributed by atoms with van der Waals surface area (Å²) in [5.41, 5.74) is 2.52. The molecule has 0 aliphatic heterocycles. The first-order valence-electron chi connectivity index (χ1n) is 6.83. The first-order chi connectivity index (χ1) is 9.54. The summed E-state index contributed by atoms with van der Waals surface area (Å²) in [6.45, 7) is 6.56. The van der Waals surface area contributed by atoms with Crippen LogP contribution in [0.5, 0.6) is 0 Å². The monoisotopic (exact) mass is 275 g/mol. The summed E-state index contributed by atoms with van der Waals surface area (Å²) in [6, 6.07) is 9.89. The lowest BCUT2D eigenvalue weighted by Crippen LogP contribution is -2.17. The minimum Gasteiger partial charge on any atom is -0.310 e. The van der Waals surface area contributed by atoms with Crippen LogP contribution >= 0.6 is 0 Å². The summed E-state index contributed by atoms with van der Waals surface area (Å²) in [4.78, 5) is 0. The smallest absolute Gasteiger partial charge is 0.131 e. The summed E-state index contributed by atoms with van der Waals surface area (Å²) >= 11 is 0. The normalized spacial score (nSPS) is 12.4. The second-order valence-corrected chi connectivity index (χ2v) is 4.93. The van der Waals surface area contributed by atoms with Gasteiger partial charge in [-0.2, -0.15) is 0 Å². The van der Waals surface area contributed by atoms with Crippen molar-refractivity contribution in [3.8, 4) is 11.1 Å². The van der Waals surface area contributed by atoms with Crippen LogP contribution in [0, 0.1) is 18.6 Å². The molecule has 0 aliphatic rings. The van der Waals surface area contributed by atoms with Crippen LogP contribution in [0.25, 0.3) is 11.1 Å². The molecule has 2 rings (SSSR count). The first-order valence-corrected chi connectivity index (χ1v) is 6.83. The first kappa shape index (κ1) is 14.7. The van der Waals surface area contributed by atoms with Gasteiger partial charge in [-0.15, -0.1) is 0 Å². The highest BCUT2D eigenvalue weighted by Gasteiger charge is 2.13. The fraction of sp³-hybridized carbons (Fsp3) is 0.294. The van der Waals surface area contributed by atoms with Gasteiger partial charge in [0.05, 0.1) is 0 Å². The van der Waals surface area contributed by atoms with Gasteiger partial charge in [0.1, 0.15) is 11.6 Å². The van der Waals surface area contributed by atoms with Crippen molar-refractivity contribution in [1.82, 2.24) is 5.32 Å². The molecule has 1 atom stereocenters. The van der Waals surface area contributed by atoms with E-state index in [4.69, 9.17) is 0 Å². The second-order valence-electron chi connectivity index (χ2n) is 4.93. The van der Waals surface area contributed by atoms with Gasteiger partial charge in [-0.1, -0.05) is 25.1 Å². The SMILES string of the molecule is CCNC(C)c1ccc(F)c(-c2cccc(F)c2C)c1. The van der Waals surface area contributed by atoms with Crippen molar-refractivity contribution in [1.29, 1.82) is 0 Å². The Morgan fingerprint density at radius 2 is 1.80 bits per heavy atom. The van der Waals surface area contributed by atoms with Crippen LogP contribution in [0.3, 0.4) is 0 Å². The molecule has 1 nitrogen and oxygen atoms in total. The minimum atomic E-state index is -0.328. The van der Waals surface area contributed by atoms with E-state index < -0.39 is 0 Å². The van der Waals surface area contributed by atoms with E-state index in [1.54, 1.807) is 31.2 Å². The van der Waals surface area contributed by atoms with Crippen LogP contribution in [-0.2, 0) is 0 Å². The molecular formula is C17H19F2N.